The van der Waals surface area contributed by atoms with Gasteiger partial charge in [0.05, 0.1) is 10.9 Å². The Bertz CT molecular complexity index is 1210. The third-order valence-corrected chi connectivity index (χ3v) is 5.78. The van der Waals surface area contributed by atoms with Crippen molar-refractivity contribution in [1.82, 2.24) is 15.2 Å². The smallest absolute Gasteiger partial charge is 0.278 e. The van der Waals surface area contributed by atoms with Gasteiger partial charge in [0.25, 0.3) is 5.56 Å². The molecule has 32 heavy (non-hydrogen) atoms. The fourth-order valence-electron chi connectivity index (χ4n) is 2.77. The first-order chi connectivity index (χ1) is 15.3. The standard InChI is InChI=1S/C22H22ClN5O3S/c1-4-18(29)24-16-8-6-5-7-15(16)19-21(31)26-22(28-27-19)32-13(3)20(30)25-17-11-14(23)10-9-12(17)2/h5-11,13H,4H2,1-3H3,(H,24,29)(H,25,30)(H,26,28,31)/t13-/m0/s1. The molecule has 0 saturated carbocycles. The number of thioether (sulfide) groups is 1. The van der Waals surface area contributed by atoms with Gasteiger partial charge in [-0.1, -0.05) is 54.6 Å². The molecule has 0 spiro atoms. The van der Waals surface area contributed by atoms with Crippen LogP contribution in [-0.2, 0) is 9.59 Å². The lowest BCUT2D eigenvalue weighted by Crippen LogP contribution is -2.24. The van der Waals surface area contributed by atoms with E-state index in [2.05, 4.69) is 25.8 Å². The number of aryl methyl sites for hydroxylation is 1. The normalized spacial score (nSPS) is 11.6. The molecule has 3 rings (SSSR count). The highest BCUT2D eigenvalue weighted by atomic mass is 35.5. The van der Waals surface area contributed by atoms with Gasteiger partial charge in [0.1, 0.15) is 0 Å². The van der Waals surface area contributed by atoms with Gasteiger partial charge >= 0.3 is 0 Å². The Morgan fingerprint density at radius 1 is 1.12 bits per heavy atom. The molecule has 0 saturated heterocycles. The zero-order valence-corrected chi connectivity index (χ0v) is 19.3. The molecule has 8 nitrogen and oxygen atoms in total. The number of para-hydroxylation sites is 1. The van der Waals surface area contributed by atoms with Crippen molar-refractivity contribution < 1.29 is 9.59 Å². The molecule has 10 heteroatoms. The van der Waals surface area contributed by atoms with Crippen LogP contribution in [-0.4, -0.2) is 32.2 Å². The van der Waals surface area contributed by atoms with Crippen molar-refractivity contribution in [3.8, 4) is 11.3 Å². The van der Waals surface area contributed by atoms with Crippen molar-refractivity contribution in [2.45, 2.75) is 37.6 Å². The molecule has 2 amide bonds. The fraction of sp³-hybridized carbons (Fsp3) is 0.227. The number of carbonyl (C=O) groups excluding carboxylic acids is 2. The quantitative estimate of drug-likeness (QED) is 0.443. The van der Waals surface area contributed by atoms with Crippen LogP contribution in [0, 0.1) is 6.92 Å². The lowest BCUT2D eigenvalue weighted by molar-refractivity contribution is -0.116. The molecule has 0 unspecified atom stereocenters. The van der Waals surface area contributed by atoms with Crippen LogP contribution >= 0.6 is 23.4 Å². The van der Waals surface area contributed by atoms with Crippen molar-refractivity contribution in [2.75, 3.05) is 10.6 Å². The number of nitrogens with one attached hydrogen (secondary N) is 3. The third kappa shape index (κ3) is 5.74. The van der Waals surface area contributed by atoms with Crippen LogP contribution in [0.3, 0.4) is 0 Å². The number of rotatable bonds is 7. The van der Waals surface area contributed by atoms with Crippen LogP contribution in [0.5, 0.6) is 0 Å². The molecular weight excluding hydrogens is 450 g/mol. The first kappa shape index (κ1) is 23.5. The lowest BCUT2D eigenvalue weighted by Gasteiger charge is -2.13. The number of aromatic amines is 1. The highest BCUT2D eigenvalue weighted by Gasteiger charge is 2.19. The summed E-state index contributed by atoms with van der Waals surface area (Å²) in [6, 6.07) is 12.1. The largest absolute Gasteiger partial charge is 0.325 e. The Kier molecular flexibility index (Phi) is 7.66. The van der Waals surface area contributed by atoms with E-state index in [9.17, 15) is 14.4 Å². The van der Waals surface area contributed by atoms with Gasteiger partial charge in [0, 0.05) is 22.7 Å². The van der Waals surface area contributed by atoms with Gasteiger partial charge in [-0.15, -0.1) is 10.2 Å². The Morgan fingerprint density at radius 2 is 1.88 bits per heavy atom. The van der Waals surface area contributed by atoms with E-state index in [1.807, 2.05) is 13.0 Å². The zero-order chi connectivity index (χ0) is 23.3. The number of amides is 2. The first-order valence-electron chi connectivity index (χ1n) is 9.88. The van der Waals surface area contributed by atoms with Crippen molar-refractivity contribution in [3.05, 3.63) is 63.4 Å². The highest BCUT2D eigenvalue weighted by Crippen LogP contribution is 2.26. The molecule has 1 atom stereocenters. The van der Waals surface area contributed by atoms with Gasteiger partial charge in [-0.3, -0.25) is 19.4 Å². The van der Waals surface area contributed by atoms with Crippen molar-refractivity contribution in [2.24, 2.45) is 0 Å². The summed E-state index contributed by atoms with van der Waals surface area (Å²) < 4.78 is 0. The average molecular weight is 472 g/mol. The van der Waals surface area contributed by atoms with E-state index >= 15 is 0 Å². The summed E-state index contributed by atoms with van der Waals surface area (Å²) in [7, 11) is 0. The van der Waals surface area contributed by atoms with Crippen LogP contribution in [0.2, 0.25) is 5.02 Å². The van der Waals surface area contributed by atoms with E-state index < -0.39 is 10.8 Å². The molecule has 0 radical (unpaired) electrons. The minimum Gasteiger partial charge on any atom is -0.325 e. The molecule has 0 aliphatic carbocycles. The number of hydrogen-bond acceptors (Lipinski definition) is 6. The molecule has 3 aromatic rings. The van der Waals surface area contributed by atoms with E-state index in [-0.39, 0.29) is 22.7 Å². The molecule has 0 bridgehead atoms. The molecule has 1 aromatic heterocycles. The number of anilines is 2. The molecular formula is C22H22ClN5O3S. The number of nitrogens with zero attached hydrogens (tertiary/aromatic N) is 2. The second kappa shape index (κ2) is 10.4. The second-order valence-corrected chi connectivity index (χ2v) is 8.73. The summed E-state index contributed by atoms with van der Waals surface area (Å²) in [5.74, 6) is -0.441. The van der Waals surface area contributed by atoms with Crippen LogP contribution < -0.4 is 16.2 Å². The Labute approximate surface area is 194 Å². The van der Waals surface area contributed by atoms with Gasteiger partial charge in [-0.05, 0) is 37.6 Å². The number of hydrogen-bond donors (Lipinski definition) is 3. The number of halogens is 1. The Morgan fingerprint density at radius 3 is 2.59 bits per heavy atom. The van der Waals surface area contributed by atoms with Crippen LogP contribution in [0.25, 0.3) is 11.3 Å². The maximum absolute atomic E-state index is 12.7. The van der Waals surface area contributed by atoms with Gasteiger partial charge in [0.15, 0.2) is 10.9 Å². The third-order valence-electron chi connectivity index (χ3n) is 4.57. The summed E-state index contributed by atoms with van der Waals surface area (Å²) in [5.41, 5.74) is 2.04. The van der Waals surface area contributed by atoms with Gasteiger partial charge in [-0.25, -0.2) is 0 Å². The second-order valence-electron chi connectivity index (χ2n) is 6.96. The van der Waals surface area contributed by atoms with Crippen LogP contribution in [0.15, 0.2) is 52.4 Å². The molecule has 0 fully saturated rings. The number of carbonyl (C=O) groups is 2. The zero-order valence-electron chi connectivity index (χ0n) is 17.7. The molecule has 2 aromatic carbocycles. The molecule has 166 valence electrons. The first-order valence-corrected chi connectivity index (χ1v) is 11.1. The number of H-pyrrole nitrogens is 1. The topological polar surface area (TPSA) is 117 Å². The number of aromatic nitrogens is 3. The van der Waals surface area contributed by atoms with Crippen LogP contribution in [0.1, 0.15) is 25.8 Å². The molecule has 3 N–H and O–H groups in total. The van der Waals surface area contributed by atoms with Crippen molar-refractivity contribution in [3.63, 3.8) is 0 Å². The minimum absolute atomic E-state index is 0.0769. The summed E-state index contributed by atoms with van der Waals surface area (Å²) in [5, 5.41) is 13.9. The lowest BCUT2D eigenvalue weighted by atomic mass is 10.1. The summed E-state index contributed by atoms with van der Waals surface area (Å²) in [6.07, 6.45) is 0.306. The predicted molar refractivity (Wildman–Crippen MR) is 127 cm³/mol. The van der Waals surface area contributed by atoms with Gasteiger partial charge in [0.2, 0.25) is 11.8 Å². The maximum Gasteiger partial charge on any atom is 0.278 e. The Hall–Kier alpha value is -3.17. The minimum atomic E-state index is -0.555. The van der Waals surface area contributed by atoms with E-state index in [4.69, 9.17) is 11.6 Å². The maximum atomic E-state index is 12.7. The van der Waals surface area contributed by atoms with Gasteiger partial charge in [-0.2, -0.15) is 0 Å². The fourth-order valence-corrected chi connectivity index (χ4v) is 3.69. The molecule has 1 heterocycles. The number of benzene rings is 2. The summed E-state index contributed by atoms with van der Waals surface area (Å²) in [4.78, 5) is 39.7. The van der Waals surface area contributed by atoms with Crippen molar-refractivity contribution >= 4 is 46.6 Å². The highest BCUT2D eigenvalue weighted by molar-refractivity contribution is 8.00. The van der Waals surface area contributed by atoms with E-state index in [0.717, 1.165) is 17.3 Å². The van der Waals surface area contributed by atoms with E-state index in [0.29, 0.717) is 28.4 Å². The summed E-state index contributed by atoms with van der Waals surface area (Å²) >= 11 is 7.08. The average Bonchev–Trinajstić information content (AvgIpc) is 2.77. The SMILES string of the molecule is CCC(=O)Nc1ccccc1-c1nnc(S[C@@H](C)C(=O)Nc2cc(Cl)ccc2C)[nH]c1=O. The summed E-state index contributed by atoms with van der Waals surface area (Å²) in [6.45, 7) is 5.30. The van der Waals surface area contributed by atoms with Crippen LogP contribution in [0.4, 0.5) is 11.4 Å². The molecule has 0 aliphatic rings. The van der Waals surface area contributed by atoms with E-state index in [1.165, 1.54) is 0 Å². The molecule has 0 aliphatic heterocycles. The predicted octanol–water partition coefficient (Wildman–Crippen LogP) is 4.26. The Balaban J connectivity index is 1.76. The monoisotopic (exact) mass is 471 g/mol. The van der Waals surface area contributed by atoms with E-state index in [1.54, 1.807) is 50.2 Å². The van der Waals surface area contributed by atoms with Gasteiger partial charge < -0.3 is 10.6 Å². The van der Waals surface area contributed by atoms with Crippen molar-refractivity contribution in [1.29, 1.82) is 0 Å².